The highest BCUT2D eigenvalue weighted by atomic mass is 32.2. The molecule has 39 heavy (non-hydrogen) atoms. The van der Waals surface area contributed by atoms with E-state index in [2.05, 4.69) is 5.32 Å². The Kier molecular flexibility index (Phi) is 8.48. The highest BCUT2D eigenvalue weighted by Gasteiger charge is 2.29. The van der Waals surface area contributed by atoms with Crippen LogP contribution in [0.3, 0.4) is 0 Å². The van der Waals surface area contributed by atoms with Gasteiger partial charge in [0.15, 0.2) is 0 Å². The molecule has 1 saturated heterocycles. The fourth-order valence-corrected chi connectivity index (χ4v) is 7.23. The molecule has 0 radical (unpaired) electrons. The number of sulfonamides is 2. The SMILES string of the molecule is COc1ccc(N(C)S(=O)(=O)c2cccc(C(=O)Nc3ccc(OC)c(S(=O)(=O)N4CCCCC4)c3)c2)cc1. The van der Waals surface area contributed by atoms with Crippen molar-refractivity contribution in [2.45, 2.75) is 29.1 Å². The number of ether oxygens (including phenoxy) is 2. The van der Waals surface area contributed by atoms with Gasteiger partial charge in [-0.2, -0.15) is 4.31 Å². The minimum Gasteiger partial charge on any atom is -0.497 e. The van der Waals surface area contributed by atoms with E-state index in [1.807, 2.05) is 0 Å². The summed E-state index contributed by atoms with van der Waals surface area (Å²) in [5, 5.41) is 2.68. The van der Waals surface area contributed by atoms with Gasteiger partial charge in [-0.3, -0.25) is 9.10 Å². The maximum absolute atomic E-state index is 13.3. The number of piperidine rings is 1. The van der Waals surface area contributed by atoms with Crippen LogP contribution in [0.15, 0.2) is 76.5 Å². The van der Waals surface area contributed by atoms with Gasteiger partial charge in [-0.05, 0) is 73.5 Å². The van der Waals surface area contributed by atoms with Crippen LogP contribution >= 0.6 is 0 Å². The third-order valence-corrected chi connectivity index (χ3v) is 10.2. The average Bonchev–Trinajstić information content (AvgIpc) is 2.97. The Hall–Kier alpha value is -3.61. The Morgan fingerprint density at radius 1 is 0.872 bits per heavy atom. The molecule has 0 aromatic heterocycles. The number of anilines is 2. The number of hydrogen-bond donors (Lipinski definition) is 1. The van der Waals surface area contributed by atoms with Gasteiger partial charge in [0.2, 0.25) is 10.0 Å². The molecule has 0 aliphatic carbocycles. The molecule has 0 spiro atoms. The standard InChI is InChI=1S/C27H31N3O7S2/c1-29(22-11-13-23(36-2)14-12-22)38(32,33)24-9-7-8-20(18-24)27(31)28-21-10-15-25(37-3)26(19-21)39(34,35)30-16-5-4-6-17-30/h7-15,18-19H,4-6,16-17H2,1-3H3,(H,28,31). The highest BCUT2D eigenvalue weighted by Crippen LogP contribution is 2.31. The summed E-state index contributed by atoms with van der Waals surface area (Å²) in [4.78, 5) is 13.0. The predicted molar refractivity (Wildman–Crippen MR) is 149 cm³/mol. The zero-order valence-corrected chi connectivity index (χ0v) is 23.6. The lowest BCUT2D eigenvalue weighted by Gasteiger charge is -2.26. The molecular formula is C27H31N3O7S2. The lowest BCUT2D eigenvalue weighted by atomic mass is 10.2. The van der Waals surface area contributed by atoms with Gasteiger partial charge in [-0.25, -0.2) is 16.8 Å². The van der Waals surface area contributed by atoms with E-state index in [1.165, 1.54) is 68.0 Å². The zero-order valence-electron chi connectivity index (χ0n) is 22.0. The minimum atomic E-state index is -3.98. The van der Waals surface area contributed by atoms with Crippen molar-refractivity contribution in [3.63, 3.8) is 0 Å². The number of rotatable bonds is 9. The van der Waals surface area contributed by atoms with Crippen molar-refractivity contribution in [3.8, 4) is 11.5 Å². The van der Waals surface area contributed by atoms with Crippen molar-refractivity contribution in [1.29, 1.82) is 0 Å². The minimum absolute atomic E-state index is 0.0397. The number of nitrogens with one attached hydrogen (secondary N) is 1. The highest BCUT2D eigenvalue weighted by molar-refractivity contribution is 7.92. The zero-order chi connectivity index (χ0) is 28.2. The number of benzene rings is 3. The fraction of sp³-hybridized carbons (Fsp3) is 0.296. The molecule has 0 saturated carbocycles. The number of methoxy groups -OCH3 is 2. The van der Waals surface area contributed by atoms with Gasteiger partial charge in [-0.15, -0.1) is 0 Å². The molecule has 1 N–H and O–H groups in total. The maximum Gasteiger partial charge on any atom is 0.264 e. The van der Waals surface area contributed by atoms with Gasteiger partial charge in [0.1, 0.15) is 16.4 Å². The Morgan fingerprint density at radius 2 is 1.56 bits per heavy atom. The van der Waals surface area contributed by atoms with Gasteiger partial charge >= 0.3 is 0 Å². The van der Waals surface area contributed by atoms with E-state index >= 15 is 0 Å². The van der Waals surface area contributed by atoms with Gasteiger partial charge in [-0.1, -0.05) is 12.5 Å². The molecule has 3 aromatic rings. The van der Waals surface area contributed by atoms with Crippen molar-refractivity contribution < 1.29 is 31.1 Å². The molecule has 1 aliphatic heterocycles. The molecule has 0 unspecified atom stereocenters. The normalized spacial score (nSPS) is 14.4. The van der Waals surface area contributed by atoms with Crippen LogP contribution < -0.4 is 19.1 Å². The fourth-order valence-electron chi connectivity index (χ4n) is 4.29. The summed E-state index contributed by atoms with van der Waals surface area (Å²) < 4.78 is 66.1. The monoisotopic (exact) mass is 573 g/mol. The first kappa shape index (κ1) is 28.4. The molecule has 0 bridgehead atoms. The molecule has 10 nitrogen and oxygen atoms in total. The smallest absolute Gasteiger partial charge is 0.264 e. The van der Waals surface area contributed by atoms with Gasteiger partial charge in [0.05, 0.1) is 24.8 Å². The summed E-state index contributed by atoms with van der Waals surface area (Å²) in [7, 11) is -3.48. The predicted octanol–water partition coefficient (Wildman–Crippen LogP) is 3.96. The van der Waals surface area contributed by atoms with E-state index in [1.54, 1.807) is 24.3 Å². The average molecular weight is 574 g/mol. The number of amides is 1. The lowest BCUT2D eigenvalue weighted by Crippen LogP contribution is -2.35. The third-order valence-electron chi connectivity index (χ3n) is 6.55. The van der Waals surface area contributed by atoms with Crippen molar-refractivity contribution in [2.75, 3.05) is 44.0 Å². The van der Waals surface area contributed by atoms with Crippen LogP contribution in [0.2, 0.25) is 0 Å². The maximum atomic E-state index is 13.3. The van der Waals surface area contributed by atoms with E-state index in [9.17, 15) is 21.6 Å². The largest absolute Gasteiger partial charge is 0.497 e. The molecular weight excluding hydrogens is 542 g/mol. The van der Waals surface area contributed by atoms with Gasteiger partial charge < -0.3 is 14.8 Å². The van der Waals surface area contributed by atoms with E-state index in [-0.39, 0.29) is 26.8 Å². The second kappa shape index (κ2) is 11.6. The molecule has 12 heteroatoms. The van der Waals surface area contributed by atoms with E-state index < -0.39 is 26.0 Å². The summed E-state index contributed by atoms with van der Waals surface area (Å²) in [5.41, 5.74) is 0.752. The number of carbonyl (C=O) groups excluding carboxylic acids is 1. The van der Waals surface area contributed by atoms with E-state index in [0.29, 0.717) is 24.5 Å². The molecule has 0 atom stereocenters. The summed E-state index contributed by atoms with van der Waals surface area (Å²) in [5.74, 6) is 0.174. The first-order valence-electron chi connectivity index (χ1n) is 12.3. The molecule has 4 rings (SSSR count). The first-order valence-corrected chi connectivity index (χ1v) is 15.2. The summed E-state index contributed by atoms with van der Waals surface area (Å²) in [6, 6.07) is 16.6. The number of carbonyl (C=O) groups is 1. The Balaban J connectivity index is 1.58. The number of nitrogens with zero attached hydrogens (tertiary/aromatic N) is 2. The van der Waals surface area contributed by atoms with Crippen LogP contribution in [-0.4, -0.2) is 61.4 Å². The van der Waals surface area contributed by atoms with Crippen molar-refractivity contribution in [3.05, 3.63) is 72.3 Å². The molecule has 1 amide bonds. The Bertz CT molecular complexity index is 1550. The summed E-state index contributed by atoms with van der Waals surface area (Å²) in [6.07, 6.45) is 2.54. The van der Waals surface area contributed by atoms with Crippen LogP contribution in [-0.2, 0) is 20.0 Å². The first-order chi connectivity index (χ1) is 18.6. The van der Waals surface area contributed by atoms with Gasteiger partial charge in [0, 0.05) is 31.4 Å². The van der Waals surface area contributed by atoms with Crippen molar-refractivity contribution in [1.82, 2.24) is 4.31 Å². The third kappa shape index (κ3) is 6.02. The van der Waals surface area contributed by atoms with Crippen molar-refractivity contribution >= 4 is 37.3 Å². The van der Waals surface area contributed by atoms with Crippen LogP contribution in [0, 0.1) is 0 Å². The van der Waals surface area contributed by atoms with Crippen molar-refractivity contribution in [2.24, 2.45) is 0 Å². The molecule has 1 fully saturated rings. The van der Waals surface area contributed by atoms with Crippen LogP contribution in [0.25, 0.3) is 0 Å². The molecule has 3 aromatic carbocycles. The lowest BCUT2D eigenvalue weighted by molar-refractivity contribution is 0.102. The summed E-state index contributed by atoms with van der Waals surface area (Å²) in [6.45, 7) is 0.850. The second-order valence-electron chi connectivity index (χ2n) is 8.98. The van der Waals surface area contributed by atoms with Crippen LogP contribution in [0.1, 0.15) is 29.6 Å². The van der Waals surface area contributed by atoms with Gasteiger partial charge in [0.25, 0.3) is 15.9 Å². The van der Waals surface area contributed by atoms with Crippen LogP contribution in [0.5, 0.6) is 11.5 Å². The van der Waals surface area contributed by atoms with Crippen LogP contribution in [0.4, 0.5) is 11.4 Å². The Morgan fingerprint density at radius 3 is 2.21 bits per heavy atom. The Labute approximate surface area is 229 Å². The number of hydrogen-bond acceptors (Lipinski definition) is 7. The van der Waals surface area contributed by atoms with E-state index in [0.717, 1.165) is 23.6 Å². The topological polar surface area (TPSA) is 122 Å². The summed E-state index contributed by atoms with van der Waals surface area (Å²) >= 11 is 0. The molecule has 1 aliphatic rings. The quantitative estimate of drug-likeness (QED) is 0.411. The molecule has 208 valence electrons. The van der Waals surface area contributed by atoms with E-state index in [4.69, 9.17) is 9.47 Å². The molecule has 1 heterocycles. The second-order valence-corrected chi connectivity index (χ2v) is 12.9.